The third-order valence-corrected chi connectivity index (χ3v) is 5.53. The van der Waals surface area contributed by atoms with Crippen molar-refractivity contribution >= 4 is 23.1 Å². The number of imide groups is 1. The number of hydrogen-bond donors (Lipinski definition) is 1. The average Bonchev–Trinajstić information content (AvgIpc) is 3.06. The topological polar surface area (TPSA) is 67.9 Å². The first-order chi connectivity index (χ1) is 16.0. The Morgan fingerprint density at radius 2 is 1.55 bits per heavy atom. The van der Waals surface area contributed by atoms with Gasteiger partial charge in [0.1, 0.15) is 23.8 Å². The maximum atomic E-state index is 13.3. The molecule has 0 fully saturated rings. The second-order valence-electron chi connectivity index (χ2n) is 7.85. The van der Waals surface area contributed by atoms with Crippen molar-refractivity contribution in [2.45, 2.75) is 13.8 Å². The minimum atomic E-state index is -0.363. The Bertz CT molecular complexity index is 1200. The number of methoxy groups -OCH3 is 1. The summed E-state index contributed by atoms with van der Waals surface area (Å²) in [5.74, 6) is 0.668. The summed E-state index contributed by atoms with van der Waals surface area (Å²) >= 11 is 0. The Morgan fingerprint density at radius 3 is 2.24 bits per heavy atom. The van der Waals surface area contributed by atoms with E-state index < -0.39 is 0 Å². The number of amides is 2. The van der Waals surface area contributed by atoms with Crippen LogP contribution in [-0.2, 0) is 9.59 Å². The Kier molecular flexibility index (Phi) is 6.45. The first kappa shape index (κ1) is 22.1. The van der Waals surface area contributed by atoms with E-state index in [9.17, 15) is 9.59 Å². The van der Waals surface area contributed by atoms with Gasteiger partial charge in [-0.25, -0.2) is 0 Å². The molecule has 0 radical (unpaired) electrons. The van der Waals surface area contributed by atoms with Gasteiger partial charge in [0.2, 0.25) is 0 Å². The normalized spacial score (nSPS) is 13.5. The smallest absolute Gasteiger partial charge is 0.278 e. The molecule has 33 heavy (non-hydrogen) atoms. The molecule has 4 rings (SSSR count). The zero-order valence-corrected chi connectivity index (χ0v) is 18.9. The first-order valence-corrected chi connectivity index (χ1v) is 10.7. The van der Waals surface area contributed by atoms with Crippen LogP contribution in [0.3, 0.4) is 0 Å². The van der Waals surface area contributed by atoms with E-state index in [1.807, 2.05) is 62.4 Å². The molecule has 1 N–H and O–H groups in total. The van der Waals surface area contributed by atoms with Gasteiger partial charge in [0.15, 0.2) is 0 Å². The zero-order chi connectivity index (χ0) is 23.4. The van der Waals surface area contributed by atoms with Crippen LogP contribution >= 0.6 is 0 Å². The molecule has 0 bridgehead atoms. The number of carbonyl (C=O) groups is 2. The minimum absolute atomic E-state index is 0.137. The maximum Gasteiger partial charge on any atom is 0.278 e. The van der Waals surface area contributed by atoms with Crippen LogP contribution < -0.4 is 14.8 Å². The lowest BCUT2D eigenvalue weighted by atomic mass is 10.0. The summed E-state index contributed by atoms with van der Waals surface area (Å²) in [4.78, 5) is 27.9. The van der Waals surface area contributed by atoms with Crippen molar-refractivity contribution < 1.29 is 19.1 Å². The monoisotopic (exact) mass is 442 g/mol. The van der Waals surface area contributed by atoms with Crippen LogP contribution in [0.2, 0.25) is 0 Å². The lowest BCUT2D eigenvalue weighted by molar-refractivity contribution is -0.137. The predicted octanol–water partition coefficient (Wildman–Crippen LogP) is 4.58. The summed E-state index contributed by atoms with van der Waals surface area (Å²) in [7, 11) is 1.60. The van der Waals surface area contributed by atoms with E-state index in [-0.39, 0.29) is 30.7 Å². The third kappa shape index (κ3) is 4.75. The number of anilines is 1. The number of hydrogen-bond acceptors (Lipinski definition) is 5. The highest BCUT2D eigenvalue weighted by atomic mass is 16.5. The molecule has 0 saturated heterocycles. The van der Waals surface area contributed by atoms with E-state index in [4.69, 9.17) is 9.47 Å². The fourth-order valence-electron chi connectivity index (χ4n) is 3.70. The molecule has 2 amide bonds. The summed E-state index contributed by atoms with van der Waals surface area (Å²) in [6.45, 7) is 4.27. The lowest BCUT2D eigenvalue weighted by Gasteiger charge is -2.16. The molecule has 6 heteroatoms. The molecule has 3 aromatic rings. The lowest BCUT2D eigenvalue weighted by Crippen LogP contribution is -2.36. The van der Waals surface area contributed by atoms with Crippen molar-refractivity contribution in [2.24, 2.45) is 0 Å². The Morgan fingerprint density at radius 1 is 0.848 bits per heavy atom. The van der Waals surface area contributed by atoms with Crippen LogP contribution in [0.1, 0.15) is 16.7 Å². The fraction of sp³-hybridized carbons (Fsp3) is 0.185. The molecular weight excluding hydrogens is 416 g/mol. The molecule has 168 valence electrons. The molecular formula is C27H26N2O4. The van der Waals surface area contributed by atoms with Crippen LogP contribution in [0.4, 0.5) is 5.69 Å². The van der Waals surface area contributed by atoms with Gasteiger partial charge < -0.3 is 14.8 Å². The van der Waals surface area contributed by atoms with Crippen LogP contribution in [0.15, 0.2) is 78.5 Å². The molecule has 3 aromatic carbocycles. The number of aryl methyl sites for hydroxylation is 2. The summed E-state index contributed by atoms with van der Waals surface area (Å²) in [6.07, 6.45) is 0. The molecule has 0 aromatic heterocycles. The summed E-state index contributed by atoms with van der Waals surface area (Å²) in [5, 5.41) is 3.24. The van der Waals surface area contributed by atoms with E-state index in [2.05, 4.69) is 5.32 Å². The van der Waals surface area contributed by atoms with Gasteiger partial charge in [-0.15, -0.1) is 0 Å². The summed E-state index contributed by atoms with van der Waals surface area (Å²) in [5.41, 5.74) is 4.20. The van der Waals surface area contributed by atoms with Crippen molar-refractivity contribution in [2.75, 3.05) is 25.6 Å². The highest BCUT2D eigenvalue weighted by Gasteiger charge is 2.39. The molecule has 0 aliphatic carbocycles. The maximum absolute atomic E-state index is 13.3. The van der Waals surface area contributed by atoms with Gasteiger partial charge in [0.25, 0.3) is 11.8 Å². The van der Waals surface area contributed by atoms with Crippen molar-refractivity contribution in [1.82, 2.24) is 4.90 Å². The number of carbonyl (C=O) groups excluding carboxylic acids is 2. The van der Waals surface area contributed by atoms with Crippen molar-refractivity contribution in [3.05, 3.63) is 95.2 Å². The predicted molar refractivity (Wildman–Crippen MR) is 128 cm³/mol. The van der Waals surface area contributed by atoms with E-state index in [1.54, 1.807) is 31.4 Å². The molecule has 0 atom stereocenters. The molecule has 1 aliphatic rings. The van der Waals surface area contributed by atoms with Gasteiger partial charge >= 0.3 is 0 Å². The Balaban J connectivity index is 1.57. The summed E-state index contributed by atoms with van der Waals surface area (Å²) in [6, 6.07) is 22.4. The second kappa shape index (κ2) is 9.61. The van der Waals surface area contributed by atoms with Gasteiger partial charge in [-0.3, -0.25) is 14.5 Å². The Labute approximate surface area is 193 Å². The van der Waals surface area contributed by atoms with Gasteiger partial charge in [-0.2, -0.15) is 0 Å². The molecule has 0 spiro atoms. The SMILES string of the molecule is COc1ccc(OCCN2C(=O)C(Nc3cc(C)ccc3C)=C(c3ccccc3)C2=O)cc1. The van der Waals surface area contributed by atoms with Gasteiger partial charge in [0.05, 0.1) is 19.2 Å². The van der Waals surface area contributed by atoms with Crippen molar-refractivity contribution in [1.29, 1.82) is 0 Å². The van der Waals surface area contributed by atoms with E-state index in [1.165, 1.54) is 4.90 Å². The molecule has 0 unspecified atom stereocenters. The first-order valence-electron chi connectivity index (χ1n) is 10.7. The van der Waals surface area contributed by atoms with Gasteiger partial charge in [0, 0.05) is 5.69 Å². The fourth-order valence-corrected chi connectivity index (χ4v) is 3.70. The van der Waals surface area contributed by atoms with E-state index in [0.717, 1.165) is 22.6 Å². The van der Waals surface area contributed by atoms with Gasteiger partial charge in [-0.1, -0.05) is 42.5 Å². The van der Waals surface area contributed by atoms with Gasteiger partial charge in [-0.05, 0) is 60.9 Å². The molecule has 6 nitrogen and oxygen atoms in total. The number of nitrogens with zero attached hydrogens (tertiary/aromatic N) is 1. The van der Waals surface area contributed by atoms with Crippen LogP contribution in [0.25, 0.3) is 5.57 Å². The number of benzene rings is 3. The number of ether oxygens (including phenoxy) is 2. The average molecular weight is 443 g/mol. The molecule has 1 aliphatic heterocycles. The second-order valence-corrected chi connectivity index (χ2v) is 7.85. The highest BCUT2D eigenvalue weighted by molar-refractivity contribution is 6.36. The van der Waals surface area contributed by atoms with E-state index >= 15 is 0 Å². The molecule has 0 saturated carbocycles. The van der Waals surface area contributed by atoms with Crippen LogP contribution in [0.5, 0.6) is 11.5 Å². The largest absolute Gasteiger partial charge is 0.497 e. The van der Waals surface area contributed by atoms with Crippen LogP contribution in [-0.4, -0.2) is 37.0 Å². The molecule has 1 heterocycles. The number of rotatable bonds is 8. The zero-order valence-electron chi connectivity index (χ0n) is 18.9. The van der Waals surface area contributed by atoms with Crippen LogP contribution in [0, 0.1) is 13.8 Å². The standard InChI is InChI=1S/C27H26N2O4/c1-18-9-10-19(2)23(17-18)28-25-24(20-7-5-4-6-8-20)26(30)29(27(25)31)15-16-33-22-13-11-21(32-3)12-14-22/h4-14,17,28H,15-16H2,1-3H3. The third-order valence-electron chi connectivity index (χ3n) is 5.53. The quantitative estimate of drug-likeness (QED) is 0.517. The van der Waals surface area contributed by atoms with E-state index in [0.29, 0.717) is 16.9 Å². The van der Waals surface area contributed by atoms with Crippen molar-refractivity contribution in [3.8, 4) is 11.5 Å². The summed E-state index contributed by atoms with van der Waals surface area (Å²) < 4.78 is 10.9. The number of nitrogens with one attached hydrogen (secondary N) is 1. The minimum Gasteiger partial charge on any atom is -0.497 e. The van der Waals surface area contributed by atoms with Crippen molar-refractivity contribution in [3.63, 3.8) is 0 Å². The highest BCUT2D eigenvalue weighted by Crippen LogP contribution is 2.31. The Hall–Kier alpha value is -4.06.